The molecular formula is C28H27N3O3. The van der Waals surface area contributed by atoms with Crippen molar-refractivity contribution in [2.45, 2.75) is 12.0 Å². The van der Waals surface area contributed by atoms with Crippen molar-refractivity contribution in [1.29, 1.82) is 0 Å². The number of carbonyl (C=O) groups is 2. The molecular weight excluding hydrogens is 426 g/mol. The monoisotopic (exact) mass is 453 g/mol. The van der Waals surface area contributed by atoms with Gasteiger partial charge in [-0.3, -0.25) is 9.59 Å². The molecule has 0 aliphatic carbocycles. The largest absolute Gasteiger partial charge is 0.383 e. The van der Waals surface area contributed by atoms with Gasteiger partial charge in [-0.05, 0) is 29.8 Å². The smallest absolute Gasteiger partial charge is 0.254 e. The zero-order valence-corrected chi connectivity index (χ0v) is 19.3. The van der Waals surface area contributed by atoms with E-state index in [2.05, 4.69) is 4.98 Å². The number of hydrogen-bond donors (Lipinski definition) is 1. The number of likely N-dealkylation sites (N-methyl/N-ethyl adjacent to an activating group) is 1. The van der Waals surface area contributed by atoms with Crippen LogP contribution in [0.15, 0.2) is 85.1 Å². The van der Waals surface area contributed by atoms with Gasteiger partial charge in [0.2, 0.25) is 5.91 Å². The number of aromatic nitrogens is 1. The highest BCUT2D eigenvalue weighted by Gasteiger charge is 2.45. The van der Waals surface area contributed by atoms with Gasteiger partial charge in [-0.1, -0.05) is 54.6 Å². The molecule has 1 aliphatic rings. The Balaban J connectivity index is 1.71. The Labute approximate surface area is 198 Å². The van der Waals surface area contributed by atoms with Gasteiger partial charge in [0.25, 0.3) is 5.91 Å². The molecule has 1 aliphatic heterocycles. The fraction of sp³-hybridized carbons (Fsp3) is 0.214. The summed E-state index contributed by atoms with van der Waals surface area (Å²) in [7, 11) is 3.41. The second-order valence-corrected chi connectivity index (χ2v) is 8.52. The third kappa shape index (κ3) is 3.66. The average Bonchev–Trinajstić information content (AvgIpc) is 3.31. The van der Waals surface area contributed by atoms with Crippen LogP contribution in [0.5, 0.6) is 0 Å². The maximum atomic E-state index is 14.2. The SMILES string of the molecule is COCCN1C(=O)c2ccccc2C(C(=O)N(C)c2ccccc2)C1c1c[nH]c2ccccc12. The summed E-state index contributed by atoms with van der Waals surface area (Å²) >= 11 is 0. The predicted octanol–water partition coefficient (Wildman–Crippen LogP) is 4.76. The van der Waals surface area contributed by atoms with Crippen molar-refractivity contribution in [2.24, 2.45) is 0 Å². The first-order valence-electron chi connectivity index (χ1n) is 11.4. The van der Waals surface area contributed by atoms with Gasteiger partial charge in [-0.15, -0.1) is 0 Å². The lowest BCUT2D eigenvalue weighted by molar-refractivity contribution is -0.121. The standard InChI is InChI=1S/C28H27N3O3/c1-30(19-10-4-3-5-11-19)28(33)25-21-13-6-7-14-22(21)27(32)31(16-17-34-2)26(25)23-18-29-24-15-9-8-12-20(23)24/h3-15,18,25-26,29H,16-17H2,1-2H3. The minimum absolute atomic E-state index is 0.0659. The third-order valence-electron chi connectivity index (χ3n) is 6.65. The fourth-order valence-electron chi connectivity index (χ4n) is 4.97. The van der Waals surface area contributed by atoms with Crippen molar-refractivity contribution < 1.29 is 14.3 Å². The molecule has 2 amide bonds. The lowest BCUT2D eigenvalue weighted by Gasteiger charge is -2.42. The molecule has 6 heteroatoms. The number of nitrogens with one attached hydrogen (secondary N) is 1. The van der Waals surface area contributed by atoms with E-state index in [0.717, 1.165) is 27.7 Å². The topological polar surface area (TPSA) is 65.6 Å². The minimum Gasteiger partial charge on any atom is -0.383 e. The molecule has 2 unspecified atom stereocenters. The van der Waals surface area contributed by atoms with Gasteiger partial charge in [0.15, 0.2) is 0 Å². The molecule has 6 nitrogen and oxygen atoms in total. The van der Waals surface area contributed by atoms with E-state index in [1.54, 1.807) is 24.0 Å². The van der Waals surface area contributed by atoms with Gasteiger partial charge in [-0.2, -0.15) is 0 Å². The number of hydrogen-bond acceptors (Lipinski definition) is 3. The maximum absolute atomic E-state index is 14.2. The molecule has 0 saturated carbocycles. The van der Waals surface area contributed by atoms with Crippen LogP contribution in [0.25, 0.3) is 10.9 Å². The number of para-hydroxylation sites is 2. The van der Waals surface area contributed by atoms with Gasteiger partial charge < -0.3 is 19.5 Å². The molecule has 1 aromatic heterocycles. The normalized spacial score (nSPS) is 17.6. The fourth-order valence-corrected chi connectivity index (χ4v) is 4.97. The highest BCUT2D eigenvalue weighted by Crippen LogP contribution is 2.45. The molecule has 2 atom stereocenters. The van der Waals surface area contributed by atoms with Crippen LogP contribution in [0.4, 0.5) is 5.69 Å². The van der Waals surface area contributed by atoms with E-state index in [1.807, 2.05) is 85.1 Å². The van der Waals surface area contributed by atoms with E-state index in [4.69, 9.17) is 4.74 Å². The second-order valence-electron chi connectivity index (χ2n) is 8.52. The van der Waals surface area contributed by atoms with Crippen molar-refractivity contribution in [3.63, 3.8) is 0 Å². The van der Waals surface area contributed by atoms with Crippen LogP contribution in [-0.4, -0.2) is 49.0 Å². The molecule has 0 bridgehead atoms. The molecule has 3 aromatic carbocycles. The molecule has 0 radical (unpaired) electrons. The van der Waals surface area contributed by atoms with E-state index in [1.165, 1.54) is 0 Å². The van der Waals surface area contributed by atoms with Crippen LogP contribution in [-0.2, 0) is 9.53 Å². The maximum Gasteiger partial charge on any atom is 0.254 e. The highest BCUT2D eigenvalue weighted by atomic mass is 16.5. The highest BCUT2D eigenvalue weighted by molar-refractivity contribution is 6.05. The lowest BCUT2D eigenvalue weighted by Crippen LogP contribution is -2.48. The van der Waals surface area contributed by atoms with E-state index >= 15 is 0 Å². The van der Waals surface area contributed by atoms with Gasteiger partial charge in [0, 0.05) is 54.6 Å². The Kier molecular flexibility index (Phi) is 5.90. The molecule has 0 saturated heterocycles. The Morgan fingerprint density at radius 1 is 0.971 bits per heavy atom. The number of ether oxygens (including phenoxy) is 1. The second kappa shape index (κ2) is 9.15. The molecule has 172 valence electrons. The van der Waals surface area contributed by atoms with E-state index in [-0.39, 0.29) is 11.8 Å². The van der Waals surface area contributed by atoms with Crippen molar-refractivity contribution >= 4 is 28.4 Å². The summed E-state index contributed by atoms with van der Waals surface area (Å²) in [4.78, 5) is 34.7. The molecule has 1 N–H and O–H groups in total. The first-order chi connectivity index (χ1) is 16.6. The number of amides is 2. The summed E-state index contributed by atoms with van der Waals surface area (Å²) in [5, 5.41) is 1.00. The number of benzene rings is 3. The number of carbonyl (C=O) groups excluding carboxylic acids is 2. The molecule has 2 heterocycles. The molecule has 4 aromatic rings. The van der Waals surface area contributed by atoms with Crippen LogP contribution in [0.1, 0.15) is 33.4 Å². The molecule has 0 fully saturated rings. The molecule has 0 spiro atoms. The number of nitrogens with zero attached hydrogens (tertiary/aromatic N) is 2. The van der Waals surface area contributed by atoms with Gasteiger partial charge in [0.05, 0.1) is 18.6 Å². The van der Waals surface area contributed by atoms with Crippen molar-refractivity contribution in [1.82, 2.24) is 9.88 Å². The Morgan fingerprint density at radius 2 is 1.68 bits per heavy atom. The number of aromatic amines is 1. The van der Waals surface area contributed by atoms with Gasteiger partial charge >= 0.3 is 0 Å². The first kappa shape index (κ1) is 21.9. The molecule has 5 rings (SSSR count). The molecule has 34 heavy (non-hydrogen) atoms. The van der Waals surface area contributed by atoms with E-state index in [0.29, 0.717) is 18.7 Å². The van der Waals surface area contributed by atoms with E-state index in [9.17, 15) is 9.59 Å². The number of methoxy groups -OCH3 is 1. The Hall–Kier alpha value is -3.90. The Morgan fingerprint density at radius 3 is 2.47 bits per heavy atom. The zero-order valence-electron chi connectivity index (χ0n) is 19.3. The predicted molar refractivity (Wildman–Crippen MR) is 133 cm³/mol. The van der Waals surface area contributed by atoms with Gasteiger partial charge in [0.1, 0.15) is 0 Å². The van der Waals surface area contributed by atoms with Crippen molar-refractivity contribution in [3.05, 3.63) is 102 Å². The lowest BCUT2D eigenvalue weighted by atomic mass is 9.78. The van der Waals surface area contributed by atoms with Crippen molar-refractivity contribution in [2.75, 3.05) is 32.2 Å². The van der Waals surface area contributed by atoms with E-state index < -0.39 is 12.0 Å². The number of rotatable bonds is 6. The summed E-state index contributed by atoms with van der Waals surface area (Å²) < 4.78 is 5.35. The zero-order chi connectivity index (χ0) is 23.7. The minimum atomic E-state index is -0.574. The third-order valence-corrected chi connectivity index (χ3v) is 6.65. The summed E-state index contributed by atoms with van der Waals surface area (Å²) in [6.07, 6.45) is 1.93. The summed E-state index contributed by atoms with van der Waals surface area (Å²) in [6.45, 7) is 0.759. The Bertz CT molecular complexity index is 1330. The summed E-state index contributed by atoms with van der Waals surface area (Å²) in [5.74, 6) is -0.728. The van der Waals surface area contributed by atoms with Gasteiger partial charge in [-0.25, -0.2) is 0 Å². The quantitative estimate of drug-likeness (QED) is 0.458. The van der Waals surface area contributed by atoms with Crippen LogP contribution >= 0.6 is 0 Å². The summed E-state index contributed by atoms with van der Waals surface area (Å²) in [5.41, 5.74) is 4.02. The van der Waals surface area contributed by atoms with Crippen molar-refractivity contribution in [3.8, 4) is 0 Å². The van der Waals surface area contributed by atoms with Crippen LogP contribution in [0.2, 0.25) is 0 Å². The van der Waals surface area contributed by atoms with Crippen LogP contribution < -0.4 is 4.90 Å². The average molecular weight is 454 g/mol. The number of fused-ring (bicyclic) bond motifs is 2. The number of H-pyrrole nitrogens is 1. The van der Waals surface area contributed by atoms with Crippen LogP contribution in [0.3, 0.4) is 0 Å². The summed E-state index contributed by atoms with van der Waals surface area (Å²) in [6, 6.07) is 24.6. The number of anilines is 1. The van der Waals surface area contributed by atoms with Crippen LogP contribution in [0, 0.1) is 0 Å². The first-order valence-corrected chi connectivity index (χ1v) is 11.4.